The van der Waals surface area contributed by atoms with Gasteiger partial charge in [0.1, 0.15) is 0 Å². The zero-order chi connectivity index (χ0) is 15.2. The first-order valence-corrected chi connectivity index (χ1v) is 8.70. The summed E-state index contributed by atoms with van der Waals surface area (Å²) in [5.41, 5.74) is 2.62. The molecular formula is C17H27BrN2O. The van der Waals surface area contributed by atoms with Gasteiger partial charge in [-0.25, -0.2) is 0 Å². The topological polar surface area (TPSA) is 24.5 Å². The van der Waals surface area contributed by atoms with E-state index in [9.17, 15) is 0 Å². The molecule has 2 rings (SSSR count). The third kappa shape index (κ3) is 5.28. The van der Waals surface area contributed by atoms with Crippen LogP contribution in [0.2, 0.25) is 0 Å². The van der Waals surface area contributed by atoms with Crippen molar-refractivity contribution in [1.29, 1.82) is 0 Å². The molecule has 1 aromatic rings. The largest absolute Gasteiger partial charge is 0.376 e. The first kappa shape index (κ1) is 16.8. The predicted molar refractivity (Wildman–Crippen MR) is 93.0 cm³/mol. The van der Waals surface area contributed by atoms with Gasteiger partial charge in [0.15, 0.2) is 0 Å². The van der Waals surface area contributed by atoms with Gasteiger partial charge in [0.2, 0.25) is 0 Å². The summed E-state index contributed by atoms with van der Waals surface area (Å²) in [5.74, 6) is 0. The van der Waals surface area contributed by atoms with E-state index < -0.39 is 0 Å². The second-order valence-corrected chi connectivity index (χ2v) is 7.09. The van der Waals surface area contributed by atoms with Crippen molar-refractivity contribution >= 4 is 21.6 Å². The van der Waals surface area contributed by atoms with Crippen LogP contribution >= 0.6 is 15.9 Å². The SMILES string of the molecule is CC(C)NCc1ccc(Br)cc1N(C)CC1CCCCO1. The van der Waals surface area contributed by atoms with Crippen LogP contribution in [-0.4, -0.2) is 32.3 Å². The molecule has 1 aromatic carbocycles. The Kier molecular flexibility index (Phi) is 6.52. The monoisotopic (exact) mass is 354 g/mol. The van der Waals surface area contributed by atoms with Crippen molar-refractivity contribution in [3.05, 3.63) is 28.2 Å². The summed E-state index contributed by atoms with van der Waals surface area (Å²) in [6.45, 7) is 7.14. The highest BCUT2D eigenvalue weighted by Gasteiger charge is 2.17. The van der Waals surface area contributed by atoms with Crippen molar-refractivity contribution in [2.75, 3.05) is 25.1 Å². The van der Waals surface area contributed by atoms with E-state index in [1.807, 2.05) is 0 Å². The lowest BCUT2D eigenvalue weighted by atomic mass is 10.1. The molecule has 0 aromatic heterocycles. The highest BCUT2D eigenvalue weighted by Crippen LogP contribution is 2.26. The fraction of sp³-hybridized carbons (Fsp3) is 0.647. The van der Waals surface area contributed by atoms with E-state index in [-0.39, 0.29) is 0 Å². The van der Waals surface area contributed by atoms with Crippen LogP contribution in [0.3, 0.4) is 0 Å². The molecule has 0 amide bonds. The van der Waals surface area contributed by atoms with E-state index in [1.54, 1.807) is 0 Å². The van der Waals surface area contributed by atoms with E-state index >= 15 is 0 Å². The molecule has 4 heteroatoms. The number of benzene rings is 1. The maximum absolute atomic E-state index is 5.87. The van der Waals surface area contributed by atoms with Crippen molar-refractivity contribution in [2.24, 2.45) is 0 Å². The molecular weight excluding hydrogens is 328 g/mol. The lowest BCUT2D eigenvalue weighted by Gasteiger charge is -2.30. The molecule has 1 aliphatic heterocycles. The van der Waals surface area contributed by atoms with Gasteiger partial charge >= 0.3 is 0 Å². The molecule has 1 saturated heterocycles. The minimum Gasteiger partial charge on any atom is -0.376 e. The van der Waals surface area contributed by atoms with Gasteiger partial charge in [0.05, 0.1) is 6.10 Å². The van der Waals surface area contributed by atoms with Crippen LogP contribution < -0.4 is 10.2 Å². The minimum atomic E-state index is 0.369. The van der Waals surface area contributed by atoms with Gasteiger partial charge < -0.3 is 15.0 Å². The number of nitrogens with zero attached hydrogens (tertiary/aromatic N) is 1. The van der Waals surface area contributed by atoms with E-state index in [4.69, 9.17) is 4.74 Å². The van der Waals surface area contributed by atoms with Gasteiger partial charge in [0, 0.05) is 42.9 Å². The summed E-state index contributed by atoms with van der Waals surface area (Å²) >= 11 is 3.59. The number of hydrogen-bond donors (Lipinski definition) is 1. The number of anilines is 1. The van der Waals surface area contributed by atoms with Gasteiger partial charge in [-0.2, -0.15) is 0 Å². The third-order valence-electron chi connectivity index (χ3n) is 3.91. The lowest BCUT2D eigenvalue weighted by Crippen LogP contribution is -2.34. The maximum Gasteiger partial charge on any atom is 0.0749 e. The molecule has 21 heavy (non-hydrogen) atoms. The van der Waals surface area contributed by atoms with Crippen LogP contribution in [0.1, 0.15) is 38.7 Å². The molecule has 118 valence electrons. The molecule has 1 fully saturated rings. The fourth-order valence-corrected chi connectivity index (χ4v) is 3.06. The molecule has 1 aliphatic rings. The summed E-state index contributed by atoms with van der Waals surface area (Å²) in [6, 6.07) is 7.02. The van der Waals surface area contributed by atoms with Gasteiger partial charge in [-0.05, 0) is 37.0 Å². The van der Waals surface area contributed by atoms with Crippen molar-refractivity contribution in [3.8, 4) is 0 Å². The van der Waals surface area contributed by atoms with Crippen LogP contribution in [0.5, 0.6) is 0 Å². The molecule has 0 radical (unpaired) electrons. The first-order chi connectivity index (χ1) is 10.1. The zero-order valence-electron chi connectivity index (χ0n) is 13.4. The Morgan fingerprint density at radius 2 is 2.19 bits per heavy atom. The average molecular weight is 355 g/mol. The number of rotatable bonds is 6. The Morgan fingerprint density at radius 3 is 2.86 bits per heavy atom. The highest BCUT2D eigenvalue weighted by atomic mass is 79.9. The van der Waals surface area contributed by atoms with Gasteiger partial charge in [-0.3, -0.25) is 0 Å². The molecule has 0 saturated carbocycles. The van der Waals surface area contributed by atoms with E-state index in [0.29, 0.717) is 12.1 Å². The Balaban J connectivity index is 2.06. The summed E-state index contributed by atoms with van der Waals surface area (Å²) in [7, 11) is 2.17. The quantitative estimate of drug-likeness (QED) is 0.836. The number of likely N-dealkylation sites (N-methyl/N-ethyl adjacent to an activating group) is 1. The highest BCUT2D eigenvalue weighted by molar-refractivity contribution is 9.10. The smallest absolute Gasteiger partial charge is 0.0749 e. The van der Waals surface area contributed by atoms with Crippen molar-refractivity contribution < 1.29 is 4.74 Å². The molecule has 1 N–H and O–H groups in total. The molecule has 1 heterocycles. The van der Waals surface area contributed by atoms with Crippen LogP contribution in [0.25, 0.3) is 0 Å². The average Bonchev–Trinajstić information content (AvgIpc) is 2.46. The van der Waals surface area contributed by atoms with Crippen LogP contribution in [0.15, 0.2) is 22.7 Å². The number of hydrogen-bond acceptors (Lipinski definition) is 3. The lowest BCUT2D eigenvalue weighted by molar-refractivity contribution is 0.0216. The Morgan fingerprint density at radius 1 is 1.38 bits per heavy atom. The summed E-state index contributed by atoms with van der Waals surface area (Å²) < 4.78 is 7.00. The van der Waals surface area contributed by atoms with Crippen LogP contribution in [0.4, 0.5) is 5.69 Å². The normalized spacial score (nSPS) is 19.0. The van der Waals surface area contributed by atoms with Crippen LogP contribution in [-0.2, 0) is 11.3 Å². The van der Waals surface area contributed by atoms with E-state index in [2.05, 4.69) is 65.2 Å². The second-order valence-electron chi connectivity index (χ2n) is 6.18. The third-order valence-corrected chi connectivity index (χ3v) is 4.40. The van der Waals surface area contributed by atoms with Crippen molar-refractivity contribution in [2.45, 2.75) is 51.8 Å². The molecule has 3 nitrogen and oxygen atoms in total. The number of nitrogens with one attached hydrogen (secondary N) is 1. The van der Waals surface area contributed by atoms with E-state index in [1.165, 1.54) is 30.5 Å². The van der Waals surface area contributed by atoms with Gasteiger partial charge in [-0.1, -0.05) is 35.8 Å². The molecule has 0 spiro atoms. The summed E-state index contributed by atoms with van der Waals surface area (Å²) in [5, 5.41) is 3.51. The summed E-state index contributed by atoms with van der Waals surface area (Å²) in [6.07, 6.45) is 4.05. The van der Waals surface area contributed by atoms with E-state index in [0.717, 1.165) is 24.2 Å². The molecule has 0 bridgehead atoms. The number of halogens is 1. The summed E-state index contributed by atoms with van der Waals surface area (Å²) in [4.78, 5) is 2.33. The van der Waals surface area contributed by atoms with Crippen molar-refractivity contribution in [3.63, 3.8) is 0 Å². The Hall–Kier alpha value is -0.580. The van der Waals surface area contributed by atoms with Gasteiger partial charge in [0.25, 0.3) is 0 Å². The second kappa shape index (κ2) is 8.16. The molecule has 1 unspecified atom stereocenters. The van der Waals surface area contributed by atoms with Crippen molar-refractivity contribution in [1.82, 2.24) is 5.32 Å². The standard InChI is InChI=1S/C17H27BrN2O/c1-13(2)19-11-14-7-8-15(18)10-17(14)20(3)12-16-6-4-5-9-21-16/h7-8,10,13,16,19H,4-6,9,11-12H2,1-3H3. The zero-order valence-corrected chi connectivity index (χ0v) is 14.9. The Labute approximate surface area is 137 Å². The number of ether oxygens (including phenoxy) is 1. The Bertz CT molecular complexity index is 444. The first-order valence-electron chi connectivity index (χ1n) is 7.91. The van der Waals surface area contributed by atoms with Crippen LogP contribution in [0, 0.1) is 0 Å². The predicted octanol–water partition coefficient (Wildman–Crippen LogP) is 3.95. The fourth-order valence-electron chi connectivity index (χ4n) is 2.71. The van der Waals surface area contributed by atoms with Gasteiger partial charge in [-0.15, -0.1) is 0 Å². The minimum absolute atomic E-state index is 0.369. The maximum atomic E-state index is 5.87. The molecule has 0 aliphatic carbocycles. The molecule has 1 atom stereocenters.